The number of para-hydroxylation sites is 1. The molecule has 1 fully saturated rings. The molecule has 5 rings (SSSR count). The Morgan fingerprint density at radius 2 is 1.83 bits per heavy atom. The number of ether oxygens (including phenoxy) is 1. The lowest BCUT2D eigenvalue weighted by Crippen LogP contribution is -2.49. The molecule has 0 unspecified atom stereocenters. The van der Waals surface area contributed by atoms with Crippen molar-refractivity contribution in [3.8, 4) is 17.0 Å². The Hall–Kier alpha value is -2.73. The van der Waals surface area contributed by atoms with E-state index < -0.39 is 5.60 Å². The molecule has 0 aliphatic carbocycles. The summed E-state index contributed by atoms with van der Waals surface area (Å²) < 4.78 is 8.52. The number of amides is 1. The first-order valence-electron chi connectivity index (χ1n) is 9.86. The zero-order chi connectivity index (χ0) is 20.0. The quantitative estimate of drug-likeness (QED) is 0.596. The van der Waals surface area contributed by atoms with Crippen LogP contribution in [0.5, 0.6) is 5.75 Å². The van der Waals surface area contributed by atoms with E-state index in [9.17, 15) is 4.79 Å². The van der Waals surface area contributed by atoms with E-state index in [-0.39, 0.29) is 5.91 Å². The molecule has 2 aromatic carbocycles. The van der Waals surface area contributed by atoms with Gasteiger partial charge in [0.25, 0.3) is 5.91 Å². The Bertz CT molecular complexity index is 1080. The highest BCUT2D eigenvalue weighted by atomic mass is 32.2. The van der Waals surface area contributed by atoms with Gasteiger partial charge in [-0.3, -0.25) is 9.48 Å². The summed E-state index contributed by atoms with van der Waals surface area (Å²) in [6.45, 7) is 1.33. The highest BCUT2D eigenvalue weighted by Crippen LogP contribution is 2.49. The molecule has 0 N–H and O–H groups in total. The average Bonchev–Trinajstić information content (AvgIpc) is 3.17. The van der Waals surface area contributed by atoms with Crippen LogP contribution in [0.1, 0.15) is 28.8 Å². The first-order chi connectivity index (χ1) is 14.1. The van der Waals surface area contributed by atoms with Crippen LogP contribution in [0.4, 0.5) is 0 Å². The molecule has 0 radical (unpaired) electrons. The lowest BCUT2D eigenvalue weighted by atomic mass is 9.81. The number of hydrogen-bond donors (Lipinski definition) is 0. The summed E-state index contributed by atoms with van der Waals surface area (Å²) in [5, 5.41) is 4.52. The van der Waals surface area contributed by atoms with Gasteiger partial charge in [-0.25, -0.2) is 0 Å². The van der Waals surface area contributed by atoms with Crippen molar-refractivity contribution in [1.82, 2.24) is 14.7 Å². The predicted octanol–water partition coefficient (Wildman–Crippen LogP) is 4.33. The molecule has 1 spiro atoms. The third-order valence-electron chi connectivity index (χ3n) is 6.07. The summed E-state index contributed by atoms with van der Waals surface area (Å²) in [6, 6.07) is 16.0. The second-order valence-electron chi connectivity index (χ2n) is 7.62. The molecule has 2 aliphatic heterocycles. The van der Waals surface area contributed by atoms with E-state index in [4.69, 9.17) is 4.74 Å². The maximum atomic E-state index is 13.2. The van der Waals surface area contributed by atoms with Gasteiger partial charge in [0.2, 0.25) is 0 Å². The Morgan fingerprint density at radius 1 is 1.10 bits per heavy atom. The Kier molecular flexibility index (Phi) is 4.39. The molecule has 29 heavy (non-hydrogen) atoms. The first-order valence-corrected chi connectivity index (χ1v) is 11.1. The van der Waals surface area contributed by atoms with Crippen LogP contribution < -0.4 is 4.74 Å². The van der Waals surface area contributed by atoms with Gasteiger partial charge in [0, 0.05) is 49.0 Å². The third-order valence-corrected chi connectivity index (χ3v) is 6.87. The molecular formula is C23H23N3O2S. The van der Waals surface area contributed by atoms with Gasteiger partial charge in [-0.15, -0.1) is 11.8 Å². The van der Waals surface area contributed by atoms with E-state index >= 15 is 0 Å². The van der Waals surface area contributed by atoms with E-state index in [2.05, 4.69) is 11.2 Å². The number of aryl methyl sites for hydroxylation is 1. The Labute approximate surface area is 174 Å². The van der Waals surface area contributed by atoms with Crippen LogP contribution in [0.15, 0.2) is 59.6 Å². The number of nitrogens with zero attached hydrogens (tertiary/aromatic N) is 3. The average molecular weight is 406 g/mol. The van der Waals surface area contributed by atoms with Gasteiger partial charge in [0.15, 0.2) is 0 Å². The van der Waals surface area contributed by atoms with Crippen LogP contribution in [0, 0.1) is 0 Å². The SMILES string of the molecule is CSc1ccccc1C(=O)N1CCC2(CC1)Oc1ccccc1-c1c2cnn1C. The summed E-state index contributed by atoms with van der Waals surface area (Å²) in [6.07, 6.45) is 5.46. The van der Waals surface area contributed by atoms with E-state index in [1.165, 1.54) is 0 Å². The molecular weight excluding hydrogens is 382 g/mol. The minimum absolute atomic E-state index is 0.104. The van der Waals surface area contributed by atoms with Gasteiger partial charge >= 0.3 is 0 Å². The number of benzene rings is 2. The van der Waals surface area contributed by atoms with Gasteiger partial charge < -0.3 is 9.64 Å². The molecule has 0 atom stereocenters. The molecule has 2 aliphatic rings. The van der Waals surface area contributed by atoms with E-state index in [1.54, 1.807) is 11.8 Å². The van der Waals surface area contributed by atoms with E-state index in [0.717, 1.165) is 45.9 Å². The van der Waals surface area contributed by atoms with Crippen LogP contribution in [0.25, 0.3) is 11.3 Å². The van der Waals surface area contributed by atoms with Gasteiger partial charge in [-0.1, -0.05) is 24.3 Å². The van der Waals surface area contributed by atoms with E-state index in [0.29, 0.717) is 13.1 Å². The van der Waals surface area contributed by atoms with Gasteiger partial charge in [-0.05, 0) is 30.5 Å². The molecule has 5 nitrogen and oxygen atoms in total. The van der Waals surface area contributed by atoms with Crippen LogP contribution in [-0.2, 0) is 12.6 Å². The number of carbonyl (C=O) groups is 1. The number of aromatic nitrogens is 2. The van der Waals surface area contributed by atoms with Crippen LogP contribution in [-0.4, -0.2) is 39.9 Å². The van der Waals surface area contributed by atoms with Crippen molar-refractivity contribution in [1.29, 1.82) is 0 Å². The summed E-state index contributed by atoms with van der Waals surface area (Å²) in [4.78, 5) is 16.1. The lowest BCUT2D eigenvalue weighted by Gasteiger charge is -2.44. The zero-order valence-corrected chi connectivity index (χ0v) is 17.4. The molecule has 1 aromatic heterocycles. The summed E-state index contributed by atoms with van der Waals surface area (Å²) >= 11 is 1.61. The molecule has 1 saturated heterocycles. The minimum Gasteiger partial charge on any atom is -0.482 e. The third kappa shape index (κ3) is 2.85. The smallest absolute Gasteiger partial charge is 0.254 e. The standard InChI is InChI=1S/C23H23N3O2S/c1-25-21-16-7-3-5-9-19(16)28-23(18(21)15-24-25)11-13-26(14-12-23)22(27)17-8-4-6-10-20(17)29-2/h3-10,15H,11-14H2,1-2H3. The second-order valence-corrected chi connectivity index (χ2v) is 8.46. The highest BCUT2D eigenvalue weighted by molar-refractivity contribution is 7.98. The molecule has 0 saturated carbocycles. The predicted molar refractivity (Wildman–Crippen MR) is 114 cm³/mol. The Balaban J connectivity index is 1.44. The number of hydrogen-bond acceptors (Lipinski definition) is 4. The largest absolute Gasteiger partial charge is 0.482 e. The molecule has 1 amide bonds. The number of rotatable bonds is 2. The lowest BCUT2D eigenvalue weighted by molar-refractivity contribution is -0.00182. The van der Waals surface area contributed by atoms with Crippen molar-refractivity contribution in [2.24, 2.45) is 7.05 Å². The van der Waals surface area contributed by atoms with Gasteiger partial charge in [-0.2, -0.15) is 5.10 Å². The summed E-state index contributed by atoms with van der Waals surface area (Å²) in [5.74, 6) is 1.00. The first kappa shape index (κ1) is 18.3. The minimum atomic E-state index is -0.423. The second kappa shape index (κ2) is 6.95. The molecule has 3 aromatic rings. The van der Waals surface area contributed by atoms with Gasteiger partial charge in [0.05, 0.1) is 17.5 Å². The summed E-state index contributed by atoms with van der Waals surface area (Å²) in [5.41, 5.74) is 3.71. The van der Waals surface area contributed by atoms with Crippen LogP contribution >= 0.6 is 11.8 Å². The zero-order valence-electron chi connectivity index (χ0n) is 16.6. The number of likely N-dealkylation sites (tertiary alicyclic amines) is 1. The number of thioether (sulfide) groups is 1. The fraction of sp³-hybridized carbons (Fsp3) is 0.304. The van der Waals surface area contributed by atoms with Crippen molar-refractivity contribution >= 4 is 17.7 Å². The molecule has 0 bridgehead atoms. The molecule has 148 valence electrons. The maximum absolute atomic E-state index is 13.2. The van der Waals surface area contributed by atoms with Crippen molar-refractivity contribution < 1.29 is 9.53 Å². The summed E-state index contributed by atoms with van der Waals surface area (Å²) in [7, 11) is 1.98. The van der Waals surface area contributed by atoms with Crippen molar-refractivity contribution in [2.75, 3.05) is 19.3 Å². The fourth-order valence-electron chi connectivity index (χ4n) is 4.54. The fourth-order valence-corrected chi connectivity index (χ4v) is 5.13. The van der Waals surface area contributed by atoms with Gasteiger partial charge in [0.1, 0.15) is 11.4 Å². The highest BCUT2D eigenvalue weighted by Gasteiger charge is 2.45. The van der Waals surface area contributed by atoms with Crippen molar-refractivity contribution in [3.05, 3.63) is 65.9 Å². The van der Waals surface area contributed by atoms with Crippen LogP contribution in [0.3, 0.4) is 0 Å². The normalized spacial score (nSPS) is 16.8. The number of piperidine rings is 1. The Morgan fingerprint density at radius 3 is 2.62 bits per heavy atom. The van der Waals surface area contributed by atoms with E-state index in [1.807, 2.05) is 71.5 Å². The topological polar surface area (TPSA) is 47.4 Å². The number of fused-ring (bicyclic) bond motifs is 4. The monoisotopic (exact) mass is 405 g/mol. The van der Waals surface area contributed by atoms with Crippen molar-refractivity contribution in [3.63, 3.8) is 0 Å². The molecule has 6 heteroatoms. The number of carbonyl (C=O) groups excluding carboxylic acids is 1. The molecule has 3 heterocycles. The van der Waals surface area contributed by atoms with Crippen molar-refractivity contribution in [2.45, 2.75) is 23.3 Å². The van der Waals surface area contributed by atoms with Crippen LogP contribution in [0.2, 0.25) is 0 Å². The maximum Gasteiger partial charge on any atom is 0.254 e.